The van der Waals surface area contributed by atoms with Crippen LogP contribution in [0.4, 0.5) is 5.13 Å². The summed E-state index contributed by atoms with van der Waals surface area (Å²) in [5.41, 5.74) is 1.97. The Morgan fingerprint density at radius 2 is 1.85 bits per heavy atom. The van der Waals surface area contributed by atoms with Crippen molar-refractivity contribution in [2.45, 2.75) is 12.5 Å². The van der Waals surface area contributed by atoms with Crippen LogP contribution in [0.25, 0.3) is 4.96 Å². The van der Waals surface area contributed by atoms with Gasteiger partial charge in [-0.05, 0) is 23.6 Å². The fourth-order valence-electron chi connectivity index (χ4n) is 2.77. The zero-order chi connectivity index (χ0) is 17.9. The van der Waals surface area contributed by atoms with E-state index in [9.17, 15) is 4.79 Å². The molecule has 0 radical (unpaired) electrons. The fraction of sp³-hybridized carbons (Fsp3) is 0.105. The Morgan fingerprint density at radius 1 is 1.08 bits per heavy atom. The highest BCUT2D eigenvalue weighted by molar-refractivity contribution is 7.20. The summed E-state index contributed by atoms with van der Waals surface area (Å²) in [7, 11) is 0. The Bertz CT molecular complexity index is 1090. The van der Waals surface area contributed by atoms with E-state index in [1.165, 1.54) is 28.1 Å². The maximum Gasteiger partial charge on any atom is 0.275 e. The van der Waals surface area contributed by atoms with E-state index >= 15 is 0 Å². The summed E-state index contributed by atoms with van der Waals surface area (Å²) in [6.45, 7) is 0. The normalized spacial score (nSPS) is 12.2. The summed E-state index contributed by atoms with van der Waals surface area (Å²) in [5, 5.41) is 9.17. The van der Waals surface area contributed by atoms with Gasteiger partial charge in [-0.25, -0.2) is 4.98 Å². The van der Waals surface area contributed by atoms with E-state index in [1.54, 1.807) is 0 Å². The first kappa shape index (κ1) is 16.8. The van der Waals surface area contributed by atoms with Crippen molar-refractivity contribution in [3.8, 4) is 0 Å². The van der Waals surface area contributed by atoms with E-state index in [1.807, 2.05) is 42.5 Å². The van der Waals surface area contributed by atoms with Crippen LogP contribution in [0.15, 0.2) is 71.7 Å². The van der Waals surface area contributed by atoms with E-state index in [2.05, 4.69) is 27.5 Å². The molecular weight excluding hydrogens is 368 g/mol. The van der Waals surface area contributed by atoms with Crippen molar-refractivity contribution in [3.05, 3.63) is 93.4 Å². The van der Waals surface area contributed by atoms with E-state index < -0.39 is 0 Å². The number of aromatic nitrogens is 3. The van der Waals surface area contributed by atoms with Crippen LogP contribution in [0, 0.1) is 0 Å². The molecule has 2 aromatic heterocycles. The Morgan fingerprint density at radius 3 is 2.62 bits per heavy atom. The highest BCUT2D eigenvalue weighted by Crippen LogP contribution is 2.28. The van der Waals surface area contributed by atoms with Gasteiger partial charge in [-0.2, -0.15) is 4.52 Å². The predicted molar refractivity (Wildman–Crippen MR) is 105 cm³/mol. The van der Waals surface area contributed by atoms with Crippen molar-refractivity contribution in [2.24, 2.45) is 0 Å². The molecule has 1 N–H and O–H groups in total. The van der Waals surface area contributed by atoms with Crippen LogP contribution in [-0.4, -0.2) is 14.6 Å². The van der Waals surface area contributed by atoms with E-state index in [-0.39, 0.29) is 11.6 Å². The lowest BCUT2D eigenvalue weighted by molar-refractivity contribution is 0.765. The summed E-state index contributed by atoms with van der Waals surface area (Å²) in [5.74, 6) is 0. The first-order valence-corrected chi connectivity index (χ1v) is 9.30. The van der Waals surface area contributed by atoms with Crippen molar-refractivity contribution < 1.29 is 0 Å². The second-order valence-electron chi connectivity index (χ2n) is 5.79. The standard InChI is InChI=1S/C19H15ClN4OS/c20-15-9-5-4-8-14(15)12-16(13-6-2-1-3-7-13)22-18-23-24-17(25)10-11-21-19(24)26-18/h1-11,16H,12H2,(H,22,23). The van der Waals surface area contributed by atoms with Crippen LogP contribution in [0.5, 0.6) is 0 Å². The number of nitrogens with zero attached hydrogens (tertiary/aromatic N) is 3. The number of halogens is 1. The summed E-state index contributed by atoms with van der Waals surface area (Å²) in [6, 6.07) is 19.3. The summed E-state index contributed by atoms with van der Waals surface area (Å²) >= 11 is 7.69. The second-order valence-corrected chi connectivity index (χ2v) is 7.15. The minimum Gasteiger partial charge on any atom is -0.353 e. The first-order chi connectivity index (χ1) is 12.7. The number of rotatable bonds is 5. The van der Waals surface area contributed by atoms with Crippen LogP contribution < -0.4 is 10.9 Å². The predicted octanol–water partition coefficient (Wildman–Crippen LogP) is 4.20. The van der Waals surface area contributed by atoms with Crippen LogP contribution in [0.2, 0.25) is 5.02 Å². The van der Waals surface area contributed by atoms with Crippen LogP contribution in [0.1, 0.15) is 17.2 Å². The molecule has 0 amide bonds. The number of nitrogens with one attached hydrogen (secondary N) is 1. The maximum atomic E-state index is 11.9. The number of hydrogen-bond acceptors (Lipinski definition) is 5. The van der Waals surface area contributed by atoms with Crippen molar-refractivity contribution in [2.75, 3.05) is 5.32 Å². The lowest BCUT2D eigenvalue weighted by Crippen LogP contribution is -2.16. The van der Waals surface area contributed by atoms with Gasteiger partial charge in [0.15, 0.2) is 0 Å². The van der Waals surface area contributed by atoms with Crippen molar-refractivity contribution in [1.29, 1.82) is 0 Å². The van der Waals surface area contributed by atoms with Crippen LogP contribution in [-0.2, 0) is 6.42 Å². The monoisotopic (exact) mass is 382 g/mol. The molecule has 7 heteroatoms. The van der Waals surface area contributed by atoms with Gasteiger partial charge in [-0.15, -0.1) is 5.10 Å². The van der Waals surface area contributed by atoms with Gasteiger partial charge in [0.25, 0.3) is 5.56 Å². The van der Waals surface area contributed by atoms with Crippen LogP contribution in [0.3, 0.4) is 0 Å². The Kier molecular flexibility index (Phi) is 4.69. The van der Waals surface area contributed by atoms with Gasteiger partial charge >= 0.3 is 0 Å². The van der Waals surface area contributed by atoms with Gasteiger partial charge in [0.1, 0.15) is 0 Å². The minimum absolute atomic E-state index is 0.0348. The molecule has 0 saturated heterocycles. The van der Waals surface area contributed by atoms with Gasteiger partial charge in [-0.1, -0.05) is 71.5 Å². The second kappa shape index (κ2) is 7.27. The molecule has 0 spiro atoms. The molecule has 130 valence electrons. The Balaban J connectivity index is 1.69. The first-order valence-electron chi connectivity index (χ1n) is 8.10. The highest BCUT2D eigenvalue weighted by Gasteiger charge is 2.16. The smallest absolute Gasteiger partial charge is 0.275 e. The van der Waals surface area contributed by atoms with Crippen molar-refractivity contribution in [3.63, 3.8) is 0 Å². The molecule has 5 nitrogen and oxygen atoms in total. The zero-order valence-electron chi connectivity index (χ0n) is 13.7. The summed E-state index contributed by atoms with van der Waals surface area (Å²) in [4.78, 5) is 16.7. The van der Waals surface area contributed by atoms with E-state index in [4.69, 9.17) is 11.6 Å². The van der Waals surface area contributed by atoms with Crippen LogP contribution >= 0.6 is 22.9 Å². The van der Waals surface area contributed by atoms with Crippen molar-refractivity contribution >= 4 is 33.0 Å². The Hall–Kier alpha value is -2.70. The minimum atomic E-state index is -0.193. The molecule has 0 aliphatic heterocycles. The largest absolute Gasteiger partial charge is 0.353 e. The van der Waals surface area contributed by atoms with Gasteiger partial charge in [0.05, 0.1) is 6.04 Å². The van der Waals surface area contributed by atoms with Gasteiger partial charge in [0, 0.05) is 17.3 Å². The SMILES string of the molecule is O=c1ccnc2sc(NC(Cc3ccccc3Cl)c3ccccc3)nn12. The van der Waals surface area contributed by atoms with Gasteiger partial charge in [0.2, 0.25) is 10.1 Å². The van der Waals surface area contributed by atoms with Crippen molar-refractivity contribution in [1.82, 2.24) is 14.6 Å². The molecule has 0 fully saturated rings. The molecule has 26 heavy (non-hydrogen) atoms. The molecule has 1 atom stereocenters. The quantitative estimate of drug-likeness (QED) is 0.562. The average molecular weight is 383 g/mol. The fourth-order valence-corrected chi connectivity index (χ4v) is 3.81. The van der Waals surface area contributed by atoms with E-state index in [0.29, 0.717) is 16.5 Å². The molecule has 0 aliphatic rings. The third-order valence-corrected chi connectivity index (χ3v) is 5.27. The average Bonchev–Trinajstić information content (AvgIpc) is 3.08. The third kappa shape index (κ3) is 3.47. The Labute approximate surface area is 158 Å². The topological polar surface area (TPSA) is 59.3 Å². The van der Waals surface area contributed by atoms with Gasteiger partial charge < -0.3 is 5.32 Å². The lowest BCUT2D eigenvalue weighted by Gasteiger charge is -2.19. The molecular formula is C19H15ClN4OS. The molecule has 2 heterocycles. The number of hydrogen-bond donors (Lipinski definition) is 1. The highest BCUT2D eigenvalue weighted by atomic mass is 35.5. The van der Waals surface area contributed by atoms with Gasteiger partial charge in [-0.3, -0.25) is 4.79 Å². The van der Waals surface area contributed by atoms with E-state index in [0.717, 1.165) is 16.1 Å². The number of fused-ring (bicyclic) bond motifs is 1. The molecule has 2 aromatic carbocycles. The summed E-state index contributed by atoms with van der Waals surface area (Å²) < 4.78 is 1.31. The number of benzene rings is 2. The molecule has 1 unspecified atom stereocenters. The third-order valence-electron chi connectivity index (χ3n) is 4.05. The molecule has 0 saturated carbocycles. The zero-order valence-corrected chi connectivity index (χ0v) is 15.2. The number of anilines is 1. The molecule has 4 aromatic rings. The maximum absolute atomic E-state index is 11.9. The summed E-state index contributed by atoms with van der Waals surface area (Å²) in [6.07, 6.45) is 2.19. The molecule has 4 rings (SSSR count). The molecule has 0 bridgehead atoms. The molecule has 0 aliphatic carbocycles. The lowest BCUT2D eigenvalue weighted by atomic mass is 9.99.